The zero-order valence-electron chi connectivity index (χ0n) is 10.5. The molecular formula is C14H20O3. The normalized spacial score (nSPS) is 8.82. The summed E-state index contributed by atoms with van der Waals surface area (Å²) in [7, 11) is 0. The lowest BCUT2D eigenvalue weighted by Gasteiger charge is -2.00. The molecule has 1 rings (SSSR count). The lowest BCUT2D eigenvalue weighted by atomic mass is 10.2. The van der Waals surface area contributed by atoms with E-state index in [1.54, 1.807) is 0 Å². The standard InChI is InChI=1S/C10H10O2.C4H10O/c1-2-10(11)12-8-9-6-4-3-5-7-9;1-3-5-4-2/h2-7H,1,8H2;3-4H2,1-2H3. The molecule has 0 radical (unpaired) electrons. The maximum atomic E-state index is 10.6. The Hall–Kier alpha value is -1.61. The zero-order chi connectivity index (χ0) is 12.9. The molecule has 0 amide bonds. The van der Waals surface area contributed by atoms with E-state index in [2.05, 4.69) is 6.58 Å². The van der Waals surface area contributed by atoms with E-state index in [9.17, 15) is 4.79 Å². The molecule has 3 heteroatoms. The Morgan fingerprint density at radius 1 is 1.24 bits per heavy atom. The molecular weight excluding hydrogens is 216 g/mol. The predicted molar refractivity (Wildman–Crippen MR) is 68.6 cm³/mol. The van der Waals surface area contributed by atoms with Crippen LogP contribution in [0.3, 0.4) is 0 Å². The summed E-state index contributed by atoms with van der Waals surface area (Å²) in [4.78, 5) is 10.6. The average molecular weight is 236 g/mol. The fourth-order valence-corrected chi connectivity index (χ4v) is 0.992. The summed E-state index contributed by atoms with van der Waals surface area (Å²) in [5.74, 6) is -0.390. The molecule has 3 nitrogen and oxygen atoms in total. The van der Waals surface area contributed by atoms with Gasteiger partial charge in [0.1, 0.15) is 6.61 Å². The van der Waals surface area contributed by atoms with Crippen LogP contribution in [0.25, 0.3) is 0 Å². The molecule has 0 saturated heterocycles. The van der Waals surface area contributed by atoms with Gasteiger partial charge in [0.05, 0.1) is 0 Å². The summed E-state index contributed by atoms with van der Waals surface area (Å²) in [6.07, 6.45) is 1.16. The lowest BCUT2D eigenvalue weighted by molar-refractivity contribution is -0.138. The van der Waals surface area contributed by atoms with Gasteiger partial charge in [0.15, 0.2) is 0 Å². The van der Waals surface area contributed by atoms with E-state index in [0.717, 1.165) is 24.9 Å². The molecule has 94 valence electrons. The molecule has 0 bridgehead atoms. The van der Waals surface area contributed by atoms with Crippen LogP contribution in [0.5, 0.6) is 0 Å². The molecule has 17 heavy (non-hydrogen) atoms. The van der Waals surface area contributed by atoms with Gasteiger partial charge in [-0.25, -0.2) is 4.79 Å². The Labute approximate surface area is 103 Å². The summed E-state index contributed by atoms with van der Waals surface area (Å²) in [5, 5.41) is 0. The van der Waals surface area contributed by atoms with Crippen molar-refractivity contribution in [3.63, 3.8) is 0 Å². The van der Waals surface area contributed by atoms with Crippen molar-refractivity contribution in [2.24, 2.45) is 0 Å². The van der Waals surface area contributed by atoms with Crippen molar-refractivity contribution in [2.45, 2.75) is 20.5 Å². The van der Waals surface area contributed by atoms with E-state index in [4.69, 9.17) is 9.47 Å². The summed E-state index contributed by atoms with van der Waals surface area (Å²) in [6, 6.07) is 9.51. The fraction of sp³-hybridized carbons (Fsp3) is 0.357. The highest BCUT2D eigenvalue weighted by Gasteiger charge is 1.95. The highest BCUT2D eigenvalue weighted by molar-refractivity contribution is 5.81. The third-order valence-corrected chi connectivity index (χ3v) is 1.80. The van der Waals surface area contributed by atoms with E-state index in [0.29, 0.717) is 6.61 Å². The van der Waals surface area contributed by atoms with Crippen LogP contribution in [0, 0.1) is 0 Å². The Morgan fingerprint density at radius 3 is 2.24 bits per heavy atom. The topological polar surface area (TPSA) is 35.5 Å². The first-order valence-electron chi connectivity index (χ1n) is 5.65. The second-order valence-corrected chi connectivity index (χ2v) is 3.08. The van der Waals surface area contributed by atoms with E-state index in [1.165, 1.54) is 0 Å². The zero-order valence-corrected chi connectivity index (χ0v) is 10.5. The minimum Gasteiger partial charge on any atom is -0.458 e. The second kappa shape index (κ2) is 10.9. The Kier molecular flexibility index (Phi) is 9.86. The van der Waals surface area contributed by atoms with Crippen molar-refractivity contribution in [1.29, 1.82) is 0 Å². The van der Waals surface area contributed by atoms with Crippen molar-refractivity contribution in [3.05, 3.63) is 48.6 Å². The highest BCUT2D eigenvalue weighted by Crippen LogP contribution is 2.00. The third-order valence-electron chi connectivity index (χ3n) is 1.80. The minimum absolute atomic E-state index is 0.311. The van der Waals surface area contributed by atoms with Gasteiger partial charge in [-0.3, -0.25) is 0 Å². The van der Waals surface area contributed by atoms with Crippen LogP contribution in [-0.2, 0) is 20.9 Å². The molecule has 0 aromatic heterocycles. The number of hydrogen-bond donors (Lipinski definition) is 0. The minimum atomic E-state index is -0.390. The van der Waals surface area contributed by atoms with Crippen molar-refractivity contribution in [2.75, 3.05) is 13.2 Å². The first kappa shape index (κ1) is 15.4. The van der Waals surface area contributed by atoms with Crippen LogP contribution in [0.2, 0.25) is 0 Å². The van der Waals surface area contributed by atoms with Gasteiger partial charge in [0.25, 0.3) is 0 Å². The van der Waals surface area contributed by atoms with Gasteiger partial charge in [-0.2, -0.15) is 0 Å². The number of esters is 1. The second-order valence-electron chi connectivity index (χ2n) is 3.08. The summed E-state index contributed by atoms with van der Waals surface area (Å²) >= 11 is 0. The average Bonchev–Trinajstić information content (AvgIpc) is 2.39. The highest BCUT2D eigenvalue weighted by atomic mass is 16.5. The Balaban J connectivity index is 0.000000437. The van der Waals surface area contributed by atoms with Crippen LogP contribution in [0.1, 0.15) is 19.4 Å². The molecule has 0 aliphatic heterocycles. The molecule has 0 spiro atoms. The Morgan fingerprint density at radius 2 is 1.82 bits per heavy atom. The van der Waals surface area contributed by atoms with Crippen LogP contribution in [0.4, 0.5) is 0 Å². The first-order valence-corrected chi connectivity index (χ1v) is 5.65. The van der Waals surface area contributed by atoms with Crippen molar-refractivity contribution < 1.29 is 14.3 Å². The molecule has 1 aromatic carbocycles. The lowest BCUT2D eigenvalue weighted by Crippen LogP contribution is -1.99. The van der Waals surface area contributed by atoms with E-state index in [-0.39, 0.29) is 5.97 Å². The number of ether oxygens (including phenoxy) is 2. The fourth-order valence-electron chi connectivity index (χ4n) is 0.992. The number of hydrogen-bond acceptors (Lipinski definition) is 3. The summed E-state index contributed by atoms with van der Waals surface area (Å²) in [6.45, 7) is 9.28. The van der Waals surface area contributed by atoms with Crippen molar-refractivity contribution in [1.82, 2.24) is 0 Å². The molecule has 1 aromatic rings. The molecule has 0 heterocycles. The molecule has 0 saturated carbocycles. The van der Waals surface area contributed by atoms with E-state index >= 15 is 0 Å². The quantitative estimate of drug-likeness (QED) is 0.582. The largest absolute Gasteiger partial charge is 0.458 e. The van der Waals surface area contributed by atoms with E-state index in [1.807, 2.05) is 44.2 Å². The summed E-state index contributed by atoms with van der Waals surface area (Å²) in [5.41, 5.74) is 0.979. The van der Waals surface area contributed by atoms with Crippen molar-refractivity contribution >= 4 is 5.97 Å². The monoisotopic (exact) mass is 236 g/mol. The van der Waals surface area contributed by atoms with Crippen LogP contribution in [-0.4, -0.2) is 19.2 Å². The molecule has 0 aliphatic carbocycles. The molecule has 0 aliphatic rings. The van der Waals surface area contributed by atoms with E-state index < -0.39 is 0 Å². The number of carbonyl (C=O) groups excluding carboxylic acids is 1. The maximum absolute atomic E-state index is 10.6. The van der Waals surface area contributed by atoms with Gasteiger partial charge >= 0.3 is 5.97 Å². The van der Waals surface area contributed by atoms with Gasteiger partial charge in [-0.05, 0) is 19.4 Å². The van der Waals surface area contributed by atoms with Gasteiger partial charge in [0, 0.05) is 19.3 Å². The molecule has 0 fully saturated rings. The number of benzene rings is 1. The molecule has 0 N–H and O–H groups in total. The number of carbonyl (C=O) groups is 1. The molecule has 0 atom stereocenters. The Bertz CT molecular complexity index is 305. The van der Waals surface area contributed by atoms with Gasteiger partial charge < -0.3 is 9.47 Å². The third kappa shape index (κ3) is 9.33. The van der Waals surface area contributed by atoms with Gasteiger partial charge in [0.2, 0.25) is 0 Å². The van der Waals surface area contributed by atoms with Crippen LogP contribution < -0.4 is 0 Å². The van der Waals surface area contributed by atoms with Gasteiger partial charge in [-0.1, -0.05) is 36.9 Å². The number of rotatable bonds is 5. The smallest absolute Gasteiger partial charge is 0.330 e. The summed E-state index contributed by atoms with van der Waals surface area (Å²) < 4.78 is 9.65. The SMILES string of the molecule is C=CC(=O)OCc1ccccc1.CCOCC. The van der Waals surface area contributed by atoms with Crippen LogP contribution >= 0.6 is 0 Å². The van der Waals surface area contributed by atoms with Crippen molar-refractivity contribution in [3.8, 4) is 0 Å². The maximum Gasteiger partial charge on any atom is 0.330 e. The van der Waals surface area contributed by atoms with Gasteiger partial charge in [-0.15, -0.1) is 0 Å². The molecule has 0 unspecified atom stereocenters. The van der Waals surface area contributed by atoms with Crippen LogP contribution in [0.15, 0.2) is 43.0 Å². The first-order chi connectivity index (χ1) is 8.24. The predicted octanol–water partition coefficient (Wildman–Crippen LogP) is 2.96.